The van der Waals surface area contributed by atoms with Gasteiger partial charge in [0, 0.05) is 19.5 Å². The number of oxime groups is 1. The Labute approximate surface area is 103 Å². The zero-order valence-corrected chi connectivity index (χ0v) is 10.7. The van der Waals surface area contributed by atoms with Gasteiger partial charge in [-0.15, -0.1) is 5.10 Å². The van der Waals surface area contributed by atoms with Crippen molar-refractivity contribution in [1.29, 1.82) is 0 Å². The van der Waals surface area contributed by atoms with Gasteiger partial charge in [0.15, 0.2) is 0 Å². The summed E-state index contributed by atoms with van der Waals surface area (Å²) in [5.41, 5.74) is 6.01. The van der Waals surface area contributed by atoms with Gasteiger partial charge in [0.2, 0.25) is 0 Å². The maximum absolute atomic E-state index is 12.1. The van der Waals surface area contributed by atoms with Crippen molar-refractivity contribution in [3.05, 3.63) is 10.6 Å². The lowest BCUT2D eigenvalue weighted by Gasteiger charge is -2.23. The number of carbonyl (C=O) groups is 1. The van der Waals surface area contributed by atoms with E-state index in [-0.39, 0.29) is 17.8 Å². The first-order valence-electron chi connectivity index (χ1n) is 4.99. The van der Waals surface area contributed by atoms with E-state index >= 15 is 0 Å². The van der Waals surface area contributed by atoms with Gasteiger partial charge in [0.05, 0.1) is 5.69 Å². The quantitative estimate of drug-likeness (QED) is 0.352. The Balaban J connectivity index is 2.73. The van der Waals surface area contributed by atoms with E-state index in [1.54, 1.807) is 14.0 Å². The number of nitrogens with zero attached hydrogens (tertiary/aromatic N) is 4. The average Bonchev–Trinajstić information content (AvgIpc) is 2.73. The first kappa shape index (κ1) is 13.4. The van der Waals surface area contributed by atoms with E-state index < -0.39 is 0 Å². The van der Waals surface area contributed by atoms with Crippen LogP contribution in [0.3, 0.4) is 0 Å². The predicted molar refractivity (Wildman–Crippen MR) is 64.2 cm³/mol. The normalized spacial score (nSPS) is 13.5. The molecule has 94 valence electrons. The Morgan fingerprint density at radius 3 is 2.82 bits per heavy atom. The van der Waals surface area contributed by atoms with Crippen molar-refractivity contribution in [2.75, 3.05) is 7.05 Å². The molecule has 17 heavy (non-hydrogen) atoms. The molecule has 1 amide bonds. The number of nitrogens with two attached hydrogens (primary N) is 1. The highest BCUT2D eigenvalue weighted by Crippen LogP contribution is 2.14. The lowest BCUT2D eigenvalue weighted by molar-refractivity contribution is 0.0751. The van der Waals surface area contributed by atoms with E-state index in [1.165, 1.54) is 4.90 Å². The molecular weight excluding hydrogens is 242 g/mol. The number of amidine groups is 1. The SMILES string of the molecule is Cc1nnsc1C(=O)N(C)C(C)CC(N)=NO. The number of amides is 1. The number of rotatable bonds is 4. The molecule has 0 aliphatic rings. The van der Waals surface area contributed by atoms with Crippen molar-refractivity contribution in [2.45, 2.75) is 26.3 Å². The fraction of sp³-hybridized carbons (Fsp3) is 0.556. The van der Waals surface area contributed by atoms with Gasteiger partial charge in [0.1, 0.15) is 10.7 Å². The van der Waals surface area contributed by atoms with Crippen LogP contribution in [0.4, 0.5) is 0 Å². The molecule has 0 spiro atoms. The summed E-state index contributed by atoms with van der Waals surface area (Å²) in [5.74, 6) is -0.0629. The molecule has 0 radical (unpaired) electrons. The molecule has 0 fully saturated rings. The first-order chi connectivity index (χ1) is 7.97. The molecule has 0 saturated carbocycles. The highest BCUT2D eigenvalue weighted by atomic mass is 32.1. The van der Waals surface area contributed by atoms with E-state index in [1.807, 2.05) is 6.92 Å². The predicted octanol–water partition coefficient (Wildman–Crippen LogP) is 0.444. The second-order valence-electron chi connectivity index (χ2n) is 3.75. The van der Waals surface area contributed by atoms with Gasteiger partial charge in [-0.2, -0.15) is 0 Å². The van der Waals surface area contributed by atoms with Crippen LogP contribution in [0.5, 0.6) is 0 Å². The van der Waals surface area contributed by atoms with E-state index in [2.05, 4.69) is 14.7 Å². The highest BCUT2D eigenvalue weighted by Gasteiger charge is 2.22. The lowest BCUT2D eigenvalue weighted by atomic mass is 10.2. The maximum atomic E-state index is 12.1. The third kappa shape index (κ3) is 3.13. The van der Waals surface area contributed by atoms with Gasteiger partial charge in [-0.25, -0.2) is 0 Å². The molecule has 0 aromatic carbocycles. The molecule has 1 heterocycles. The number of hydrogen-bond donors (Lipinski definition) is 2. The van der Waals surface area contributed by atoms with Crippen molar-refractivity contribution < 1.29 is 10.0 Å². The molecular formula is C9H15N5O2S. The molecule has 7 nitrogen and oxygen atoms in total. The molecule has 1 aromatic heterocycles. The Kier molecular flexibility index (Phi) is 4.38. The van der Waals surface area contributed by atoms with Crippen LogP contribution < -0.4 is 5.73 Å². The minimum absolute atomic E-state index is 0.0938. The van der Waals surface area contributed by atoms with Crippen LogP contribution in [-0.4, -0.2) is 44.5 Å². The van der Waals surface area contributed by atoms with Crippen LogP contribution in [0, 0.1) is 6.92 Å². The third-order valence-corrected chi connectivity index (χ3v) is 3.28. The van der Waals surface area contributed by atoms with Crippen LogP contribution in [-0.2, 0) is 0 Å². The summed E-state index contributed by atoms with van der Waals surface area (Å²) >= 11 is 1.06. The lowest BCUT2D eigenvalue weighted by Crippen LogP contribution is -2.37. The molecule has 1 aromatic rings. The summed E-state index contributed by atoms with van der Waals surface area (Å²) in [4.78, 5) is 14.1. The van der Waals surface area contributed by atoms with Gasteiger partial charge in [-0.1, -0.05) is 9.64 Å². The summed E-state index contributed by atoms with van der Waals surface area (Å²) < 4.78 is 3.72. The molecule has 0 aliphatic heterocycles. The largest absolute Gasteiger partial charge is 0.409 e. The van der Waals surface area contributed by atoms with E-state index in [9.17, 15) is 4.79 Å². The van der Waals surface area contributed by atoms with E-state index in [0.29, 0.717) is 17.0 Å². The molecule has 8 heteroatoms. The standard InChI is InChI=1S/C9H15N5O2S/c1-5(4-7(10)12-16)14(3)9(15)8-6(2)11-13-17-8/h5,16H,4H2,1-3H3,(H2,10,12). The topological polar surface area (TPSA) is 105 Å². The Morgan fingerprint density at radius 1 is 1.71 bits per heavy atom. The smallest absolute Gasteiger partial charge is 0.267 e. The van der Waals surface area contributed by atoms with Gasteiger partial charge in [-0.05, 0) is 25.4 Å². The highest BCUT2D eigenvalue weighted by molar-refractivity contribution is 7.07. The minimum atomic E-state index is -0.167. The van der Waals surface area contributed by atoms with Crippen LogP contribution in [0.1, 0.15) is 28.7 Å². The fourth-order valence-electron chi connectivity index (χ4n) is 1.27. The van der Waals surface area contributed by atoms with Crippen LogP contribution in [0.2, 0.25) is 0 Å². The summed E-state index contributed by atoms with van der Waals surface area (Å²) in [5, 5.41) is 15.1. The van der Waals surface area contributed by atoms with Crippen molar-refractivity contribution in [3.63, 3.8) is 0 Å². The number of aryl methyl sites for hydroxylation is 1. The zero-order chi connectivity index (χ0) is 13.0. The molecule has 1 unspecified atom stereocenters. The Bertz CT molecular complexity index is 431. The molecule has 1 atom stereocenters. The van der Waals surface area contributed by atoms with Gasteiger partial charge < -0.3 is 15.8 Å². The first-order valence-corrected chi connectivity index (χ1v) is 5.77. The number of hydrogen-bond acceptors (Lipinski definition) is 6. The van der Waals surface area contributed by atoms with E-state index in [4.69, 9.17) is 10.9 Å². The van der Waals surface area contributed by atoms with Gasteiger partial charge >= 0.3 is 0 Å². The minimum Gasteiger partial charge on any atom is -0.409 e. The molecule has 0 aliphatic carbocycles. The average molecular weight is 257 g/mol. The summed E-state index contributed by atoms with van der Waals surface area (Å²) in [6, 6.07) is -0.167. The van der Waals surface area contributed by atoms with Crippen LogP contribution in [0.15, 0.2) is 5.16 Å². The van der Waals surface area contributed by atoms with Crippen molar-refractivity contribution in [1.82, 2.24) is 14.5 Å². The van der Waals surface area contributed by atoms with Crippen LogP contribution in [0.25, 0.3) is 0 Å². The van der Waals surface area contributed by atoms with Gasteiger partial charge in [-0.3, -0.25) is 4.79 Å². The van der Waals surface area contributed by atoms with Crippen LogP contribution >= 0.6 is 11.5 Å². The Hall–Kier alpha value is -1.70. The van der Waals surface area contributed by atoms with Crippen molar-refractivity contribution >= 4 is 23.3 Å². The molecule has 0 bridgehead atoms. The third-order valence-electron chi connectivity index (χ3n) is 2.46. The number of carbonyl (C=O) groups excluding carboxylic acids is 1. The Morgan fingerprint density at radius 2 is 2.35 bits per heavy atom. The molecule has 0 saturated heterocycles. The molecule has 1 rings (SSSR count). The van der Waals surface area contributed by atoms with Gasteiger partial charge in [0.25, 0.3) is 5.91 Å². The molecule has 3 N–H and O–H groups in total. The monoisotopic (exact) mass is 257 g/mol. The summed E-state index contributed by atoms with van der Waals surface area (Å²) in [6.45, 7) is 3.55. The second kappa shape index (κ2) is 5.58. The second-order valence-corrected chi connectivity index (χ2v) is 4.50. The summed E-state index contributed by atoms with van der Waals surface area (Å²) in [7, 11) is 1.66. The van der Waals surface area contributed by atoms with E-state index in [0.717, 1.165) is 11.5 Å². The number of aromatic nitrogens is 2. The maximum Gasteiger partial charge on any atom is 0.267 e. The zero-order valence-electron chi connectivity index (χ0n) is 9.91. The van der Waals surface area contributed by atoms with Crippen molar-refractivity contribution in [3.8, 4) is 0 Å². The fourth-order valence-corrected chi connectivity index (χ4v) is 1.91. The van der Waals surface area contributed by atoms with Crippen molar-refractivity contribution in [2.24, 2.45) is 10.9 Å². The summed E-state index contributed by atoms with van der Waals surface area (Å²) in [6.07, 6.45) is 0.310.